The van der Waals surface area contributed by atoms with Crippen LogP contribution in [0.25, 0.3) is 0 Å². The topological polar surface area (TPSA) is 24.5 Å². The molecule has 2 atom stereocenters. The first-order valence-corrected chi connectivity index (χ1v) is 8.22. The van der Waals surface area contributed by atoms with Crippen molar-refractivity contribution in [3.8, 4) is 0 Å². The lowest BCUT2D eigenvalue weighted by molar-refractivity contribution is 0.0419. The quantitative estimate of drug-likeness (QED) is 0.618. The standard InChI is InChI=1S/C16H34N2O/c1-4-10-17-15(2)8-5-6-11-18(3)13-16-9-7-12-19-14-16/h15-17H,4-14H2,1-3H3. The average molecular weight is 270 g/mol. The van der Waals surface area contributed by atoms with Gasteiger partial charge in [0, 0.05) is 19.2 Å². The molecule has 3 heteroatoms. The highest BCUT2D eigenvalue weighted by Gasteiger charge is 2.15. The van der Waals surface area contributed by atoms with Crippen LogP contribution in [-0.4, -0.2) is 50.8 Å². The highest BCUT2D eigenvalue weighted by molar-refractivity contribution is 4.67. The number of ether oxygens (including phenoxy) is 1. The van der Waals surface area contributed by atoms with Gasteiger partial charge in [-0.05, 0) is 65.1 Å². The van der Waals surface area contributed by atoms with Crippen molar-refractivity contribution in [3.05, 3.63) is 0 Å². The fourth-order valence-corrected chi connectivity index (χ4v) is 2.81. The predicted octanol–water partition coefficient (Wildman–Crippen LogP) is 2.90. The summed E-state index contributed by atoms with van der Waals surface area (Å²) in [5, 5.41) is 3.56. The van der Waals surface area contributed by atoms with Crippen LogP contribution in [0.3, 0.4) is 0 Å². The van der Waals surface area contributed by atoms with E-state index in [0.29, 0.717) is 6.04 Å². The molecular formula is C16H34N2O. The number of unbranched alkanes of at least 4 members (excludes halogenated alkanes) is 1. The third-order valence-electron chi connectivity index (χ3n) is 3.99. The Hall–Kier alpha value is -0.120. The number of nitrogens with zero attached hydrogens (tertiary/aromatic N) is 1. The molecule has 1 aliphatic heterocycles. The van der Waals surface area contributed by atoms with Crippen LogP contribution in [0.15, 0.2) is 0 Å². The first-order valence-electron chi connectivity index (χ1n) is 8.22. The van der Waals surface area contributed by atoms with Crippen LogP contribution < -0.4 is 5.32 Å². The molecule has 0 spiro atoms. The Kier molecular flexibility index (Phi) is 9.48. The van der Waals surface area contributed by atoms with E-state index in [1.807, 2.05) is 0 Å². The number of nitrogens with one attached hydrogen (secondary N) is 1. The summed E-state index contributed by atoms with van der Waals surface area (Å²) >= 11 is 0. The molecule has 1 N–H and O–H groups in total. The van der Waals surface area contributed by atoms with Gasteiger partial charge in [-0.2, -0.15) is 0 Å². The summed E-state index contributed by atoms with van der Waals surface area (Å²) < 4.78 is 5.54. The molecule has 3 nitrogen and oxygen atoms in total. The van der Waals surface area contributed by atoms with E-state index < -0.39 is 0 Å². The Bertz CT molecular complexity index is 205. The minimum Gasteiger partial charge on any atom is -0.381 e. The monoisotopic (exact) mass is 270 g/mol. The zero-order valence-corrected chi connectivity index (χ0v) is 13.3. The first kappa shape index (κ1) is 16.9. The Morgan fingerprint density at radius 1 is 1.37 bits per heavy atom. The van der Waals surface area contributed by atoms with Crippen LogP contribution in [0.1, 0.15) is 52.4 Å². The van der Waals surface area contributed by atoms with Gasteiger partial charge < -0.3 is 15.0 Å². The maximum Gasteiger partial charge on any atom is 0.0506 e. The highest BCUT2D eigenvalue weighted by Crippen LogP contribution is 2.14. The van der Waals surface area contributed by atoms with Crippen LogP contribution >= 0.6 is 0 Å². The van der Waals surface area contributed by atoms with Crippen molar-refractivity contribution in [2.24, 2.45) is 5.92 Å². The van der Waals surface area contributed by atoms with Crippen molar-refractivity contribution < 1.29 is 4.74 Å². The van der Waals surface area contributed by atoms with Gasteiger partial charge in [-0.15, -0.1) is 0 Å². The van der Waals surface area contributed by atoms with Crippen molar-refractivity contribution in [2.45, 2.75) is 58.4 Å². The molecule has 1 aliphatic rings. The normalized spacial score (nSPS) is 21.8. The maximum atomic E-state index is 5.54. The zero-order chi connectivity index (χ0) is 13.9. The highest BCUT2D eigenvalue weighted by atomic mass is 16.5. The van der Waals surface area contributed by atoms with Gasteiger partial charge in [-0.1, -0.05) is 13.3 Å². The van der Waals surface area contributed by atoms with Gasteiger partial charge in [0.1, 0.15) is 0 Å². The number of rotatable bonds is 10. The van der Waals surface area contributed by atoms with E-state index in [1.165, 1.54) is 51.6 Å². The summed E-state index contributed by atoms with van der Waals surface area (Å²) in [6, 6.07) is 0.678. The molecule has 1 rings (SSSR count). The summed E-state index contributed by atoms with van der Waals surface area (Å²) in [6.07, 6.45) is 7.80. The van der Waals surface area contributed by atoms with E-state index in [-0.39, 0.29) is 0 Å². The third kappa shape index (κ3) is 8.61. The van der Waals surface area contributed by atoms with E-state index in [9.17, 15) is 0 Å². The molecule has 0 amide bonds. The summed E-state index contributed by atoms with van der Waals surface area (Å²) in [5.74, 6) is 0.767. The predicted molar refractivity (Wildman–Crippen MR) is 82.6 cm³/mol. The van der Waals surface area contributed by atoms with Crippen LogP contribution in [0.2, 0.25) is 0 Å². The van der Waals surface area contributed by atoms with E-state index in [0.717, 1.165) is 25.7 Å². The lowest BCUT2D eigenvalue weighted by Gasteiger charge is -2.27. The molecule has 1 saturated heterocycles. The molecule has 0 aromatic carbocycles. The van der Waals surface area contributed by atoms with Crippen molar-refractivity contribution in [1.29, 1.82) is 0 Å². The van der Waals surface area contributed by atoms with Gasteiger partial charge >= 0.3 is 0 Å². The van der Waals surface area contributed by atoms with Crippen molar-refractivity contribution in [2.75, 3.05) is 39.9 Å². The maximum absolute atomic E-state index is 5.54. The number of hydrogen-bond donors (Lipinski definition) is 1. The molecule has 1 fully saturated rings. The van der Waals surface area contributed by atoms with Gasteiger partial charge in [-0.25, -0.2) is 0 Å². The molecule has 1 heterocycles. The zero-order valence-electron chi connectivity index (χ0n) is 13.3. The Labute approximate surface area is 120 Å². The average Bonchev–Trinajstić information content (AvgIpc) is 2.42. The van der Waals surface area contributed by atoms with Gasteiger partial charge in [0.25, 0.3) is 0 Å². The lowest BCUT2D eigenvalue weighted by atomic mass is 10.0. The second-order valence-electron chi connectivity index (χ2n) is 6.20. The van der Waals surface area contributed by atoms with Crippen LogP contribution in [0.5, 0.6) is 0 Å². The van der Waals surface area contributed by atoms with Crippen molar-refractivity contribution in [1.82, 2.24) is 10.2 Å². The van der Waals surface area contributed by atoms with E-state index in [2.05, 4.69) is 31.1 Å². The molecule has 2 unspecified atom stereocenters. The van der Waals surface area contributed by atoms with E-state index in [1.54, 1.807) is 0 Å². The molecule has 0 saturated carbocycles. The molecule has 0 radical (unpaired) electrons. The van der Waals surface area contributed by atoms with Gasteiger partial charge in [-0.3, -0.25) is 0 Å². The van der Waals surface area contributed by atoms with Crippen molar-refractivity contribution in [3.63, 3.8) is 0 Å². The second kappa shape index (κ2) is 10.6. The lowest BCUT2D eigenvalue weighted by Crippen LogP contribution is -2.31. The van der Waals surface area contributed by atoms with Crippen LogP contribution in [0, 0.1) is 5.92 Å². The third-order valence-corrected chi connectivity index (χ3v) is 3.99. The second-order valence-corrected chi connectivity index (χ2v) is 6.20. The molecule has 0 aliphatic carbocycles. The largest absolute Gasteiger partial charge is 0.381 e. The fraction of sp³-hybridized carbons (Fsp3) is 1.00. The molecule has 0 aromatic rings. The van der Waals surface area contributed by atoms with E-state index in [4.69, 9.17) is 4.74 Å². The minimum atomic E-state index is 0.678. The minimum absolute atomic E-state index is 0.678. The molecule has 114 valence electrons. The molecule has 0 aromatic heterocycles. The van der Waals surface area contributed by atoms with Crippen LogP contribution in [0.4, 0.5) is 0 Å². The smallest absolute Gasteiger partial charge is 0.0506 e. The number of hydrogen-bond acceptors (Lipinski definition) is 3. The van der Waals surface area contributed by atoms with Crippen LogP contribution in [-0.2, 0) is 4.74 Å². The van der Waals surface area contributed by atoms with E-state index >= 15 is 0 Å². The molecule has 0 bridgehead atoms. The SMILES string of the molecule is CCCNC(C)CCCCN(C)CC1CCCOC1. The Morgan fingerprint density at radius 2 is 2.21 bits per heavy atom. The Balaban J connectivity index is 1.95. The Morgan fingerprint density at radius 3 is 2.89 bits per heavy atom. The summed E-state index contributed by atoms with van der Waals surface area (Å²) in [6.45, 7) is 10.1. The van der Waals surface area contributed by atoms with Crippen molar-refractivity contribution >= 4 is 0 Å². The summed E-state index contributed by atoms with van der Waals surface area (Å²) in [5.41, 5.74) is 0. The summed E-state index contributed by atoms with van der Waals surface area (Å²) in [4.78, 5) is 2.49. The van der Waals surface area contributed by atoms with Gasteiger partial charge in [0.2, 0.25) is 0 Å². The fourth-order valence-electron chi connectivity index (χ4n) is 2.81. The molecule has 19 heavy (non-hydrogen) atoms. The molecular weight excluding hydrogens is 236 g/mol. The van der Waals surface area contributed by atoms with Gasteiger partial charge in [0.15, 0.2) is 0 Å². The first-order chi connectivity index (χ1) is 9.22. The van der Waals surface area contributed by atoms with Gasteiger partial charge in [0.05, 0.1) is 6.61 Å². The summed E-state index contributed by atoms with van der Waals surface area (Å²) in [7, 11) is 2.26.